The fourth-order valence-electron chi connectivity index (χ4n) is 1.43. The Labute approximate surface area is 99.6 Å². The molecule has 0 heterocycles. The fraction of sp³-hybridized carbons (Fsp3) is 0.364. The van der Waals surface area contributed by atoms with E-state index in [1.807, 2.05) is 0 Å². The minimum Gasteiger partial charge on any atom is -0.478 e. The second-order valence-electron chi connectivity index (χ2n) is 3.68. The van der Waals surface area contributed by atoms with Gasteiger partial charge >= 0.3 is 5.97 Å². The van der Waals surface area contributed by atoms with E-state index in [2.05, 4.69) is 0 Å². The number of aromatic carboxylic acids is 1. The van der Waals surface area contributed by atoms with Gasteiger partial charge in [0, 0.05) is 6.61 Å². The summed E-state index contributed by atoms with van der Waals surface area (Å²) in [6, 6.07) is 3.99. The third kappa shape index (κ3) is 3.28. The molecule has 0 aliphatic heterocycles. The van der Waals surface area contributed by atoms with Crippen molar-refractivity contribution in [3.63, 3.8) is 0 Å². The first-order valence-corrected chi connectivity index (χ1v) is 6.71. The Morgan fingerprint density at radius 1 is 1.35 bits per heavy atom. The summed E-state index contributed by atoms with van der Waals surface area (Å²) in [6.07, 6.45) is 0.138. The van der Waals surface area contributed by atoms with Crippen molar-refractivity contribution < 1.29 is 23.4 Å². The standard InChI is InChI=1S/C11H14O5S/c1-8-3-4-9(11(13)14)7-10(8)17(15,16)6-2-5-12/h3-4,7,12H,2,5-6H2,1H3,(H,13,14). The number of hydrogen-bond donors (Lipinski definition) is 2. The maximum atomic E-state index is 11.9. The van der Waals surface area contributed by atoms with Crippen LogP contribution in [-0.2, 0) is 9.84 Å². The highest BCUT2D eigenvalue weighted by Gasteiger charge is 2.18. The lowest BCUT2D eigenvalue weighted by atomic mass is 10.1. The van der Waals surface area contributed by atoms with Gasteiger partial charge in [0.25, 0.3) is 0 Å². The molecule has 1 aromatic rings. The molecule has 0 saturated carbocycles. The summed E-state index contributed by atoms with van der Waals surface area (Å²) in [5.41, 5.74) is 0.450. The second-order valence-corrected chi connectivity index (χ2v) is 5.76. The summed E-state index contributed by atoms with van der Waals surface area (Å²) in [5, 5.41) is 17.4. The number of rotatable bonds is 5. The van der Waals surface area contributed by atoms with E-state index in [9.17, 15) is 13.2 Å². The third-order valence-corrected chi connectivity index (χ3v) is 4.28. The van der Waals surface area contributed by atoms with Crippen molar-refractivity contribution in [2.24, 2.45) is 0 Å². The highest BCUT2D eigenvalue weighted by atomic mass is 32.2. The number of aliphatic hydroxyl groups is 1. The number of aliphatic hydroxyl groups excluding tert-OH is 1. The van der Waals surface area contributed by atoms with Gasteiger partial charge in [-0.25, -0.2) is 13.2 Å². The molecule has 94 valence electrons. The first-order chi connectivity index (χ1) is 7.88. The van der Waals surface area contributed by atoms with Crippen LogP contribution in [0.15, 0.2) is 23.1 Å². The molecule has 0 atom stereocenters. The molecule has 0 amide bonds. The average molecular weight is 258 g/mol. The Morgan fingerprint density at radius 3 is 2.53 bits per heavy atom. The molecular formula is C11H14O5S. The molecule has 5 nitrogen and oxygen atoms in total. The Hall–Kier alpha value is -1.40. The van der Waals surface area contributed by atoms with Crippen LogP contribution in [0.5, 0.6) is 0 Å². The van der Waals surface area contributed by atoms with Crippen LogP contribution in [0.3, 0.4) is 0 Å². The molecule has 0 aliphatic carbocycles. The first-order valence-electron chi connectivity index (χ1n) is 5.06. The van der Waals surface area contributed by atoms with Crippen LogP contribution in [-0.4, -0.2) is 37.0 Å². The number of aryl methyl sites for hydroxylation is 1. The van der Waals surface area contributed by atoms with E-state index < -0.39 is 15.8 Å². The fourth-order valence-corrected chi connectivity index (χ4v) is 3.03. The predicted molar refractivity (Wildman–Crippen MR) is 61.9 cm³/mol. The zero-order valence-electron chi connectivity index (χ0n) is 9.38. The molecule has 0 aliphatic rings. The van der Waals surface area contributed by atoms with Gasteiger partial charge in [0.15, 0.2) is 9.84 Å². The highest BCUT2D eigenvalue weighted by Crippen LogP contribution is 2.19. The topological polar surface area (TPSA) is 91.7 Å². The van der Waals surface area contributed by atoms with E-state index in [1.54, 1.807) is 6.92 Å². The van der Waals surface area contributed by atoms with Gasteiger partial charge in [-0.2, -0.15) is 0 Å². The maximum absolute atomic E-state index is 11.9. The largest absolute Gasteiger partial charge is 0.478 e. The number of hydrogen-bond acceptors (Lipinski definition) is 4. The van der Waals surface area contributed by atoms with Crippen LogP contribution in [0.4, 0.5) is 0 Å². The van der Waals surface area contributed by atoms with Gasteiger partial charge in [-0.1, -0.05) is 6.07 Å². The summed E-state index contributed by atoms with van der Waals surface area (Å²) in [6.45, 7) is 1.40. The van der Waals surface area contributed by atoms with E-state index in [4.69, 9.17) is 10.2 Å². The predicted octanol–water partition coefficient (Wildman–Crippen LogP) is 0.849. The molecule has 1 aromatic carbocycles. The van der Waals surface area contributed by atoms with E-state index in [-0.39, 0.29) is 29.2 Å². The van der Waals surface area contributed by atoms with Gasteiger partial charge in [0.05, 0.1) is 16.2 Å². The lowest BCUT2D eigenvalue weighted by Crippen LogP contribution is -2.11. The Balaban J connectivity index is 3.20. The average Bonchev–Trinajstić information content (AvgIpc) is 2.26. The summed E-state index contributed by atoms with van der Waals surface area (Å²) in [7, 11) is -3.53. The molecule has 2 N–H and O–H groups in total. The van der Waals surface area contributed by atoms with Crippen LogP contribution >= 0.6 is 0 Å². The summed E-state index contributed by atoms with van der Waals surface area (Å²) in [4.78, 5) is 10.8. The van der Waals surface area contributed by atoms with Gasteiger partial charge < -0.3 is 10.2 Å². The molecular weight excluding hydrogens is 244 g/mol. The maximum Gasteiger partial charge on any atom is 0.335 e. The van der Waals surface area contributed by atoms with Crippen molar-refractivity contribution >= 4 is 15.8 Å². The molecule has 17 heavy (non-hydrogen) atoms. The van der Waals surface area contributed by atoms with Gasteiger partial charge in [0.1, 0.15) is 0 Å². The monoisotopic (exact) mass is 258 g/mol. The van der Waals surface area contributed by atoms with Crippen LogP contribution in [0, 0.1) is 6.92 Å². The molecule has 0 saturated heterocycles. The Kier molecular flexibility index (Phi) is 4.25. The minimum absolute atomic E-state index is 0.0193. The number of carboxylic acid groups (broad SMARTS) is 1. The lowest BCUT2D eigenvalue weighted by molar-refractivity contribution is 0.0696. The lowest BCUT2D eigenvalue weighted by Gasteiger charge is -2.08. The number of carboxylic acids is 1. The van der Waals surface area contributed by atoms with E-state index >= 15 is 0 Å². The summed E-state index contributed by atoms with van der Waals surface area (Å²) >= 11 is 0. The number of carbonyl (C=O) groups is 1. The van der Waals surface area contributed by atoms with E-state index in [0.717, 1.165) is 6.07 Å². The normalized spacial score (nSPS) is 11.4. The van der Waals surface area contributed by atoms with Crippen molar-refractivity contribution in [3.05, 3.63) is 29.3 Å². The zero-order chi connectivity index (χ0) is 13.1. The van der Waals surface area contributed by atoms with Gasteiger partial charge in [-0.3, -0.25) is 0 Å². The van der Waals surface area contributed by atoms with Gasteiger partial charge in [-0.05, 0) is 31.0 Å². The van der Waals surface area contributed by atoms with Crippen molar-refractivity contribution in [2.45, 2.75) is 18.2 Å². The minimum atomic E-state index is -3.53. The quantitative estimate of drug-likeness (QED) is 0.817. The molecule has 0 aromatic heterocycles. The summed E-state index contributed by atoms with van der Waals surface area (Å²) in [5.74, 6) is -1.35. The van der Waals surface area contributed by atoms with Crippen molar-refractivity contribution in [1.82, 2.24) is 0 Å². The second kappa shape index (κ2) is 5.29. The molecule has 0 spiro atoms. The van der Waals surface area contributed by atoms with Crippen molar-refractivity contribution in [2.75, 3.05) is 12.4 Å². The van der Waals surface area contributed by atoms with Crippen LogP contribution in [0.2, 0.25) is 0 Å². The molecule has 0 radical (unpaired) electrons. The molecule has 6 heteroatoms. The van der Waals surface area contributed by atoms with Crippen molar-refractivity contribution in [3.8, 4) is 0 Å². The SMILES string of the molecule is Cc1ccc(C(=O)O)cc1S(=O)(=O)CCCO. The van der Waals surface area contributed by atoms with Crippen LogP contribution < -0.4 is 0 Å². The zero-order valence-corrected chi connectivity index (χ0v) is 10.2. The van der Waals surface area contributed by atoms with Gasteiger partial charge in [0.2, 0.25) is 0 Å². The smallest absolute Gasteiger partial charge is 0.335 e. The molecule has 0 unspecified atom stereocenters. The van der Waals surface area contributed by atoms with Crippen LogP contribution in [0.25, 0.3) is 0 Å². The Bertz CT molecular complexity index is 519. The first kappa shape index (κ1) is 13.7. The number of benzene rings is 1. The van der Waals surface area contributed by atoms with Gasteiger partial charge in [-0.15, -0.1) is 0 Å². The molecule has 0 bridgehead atoms. The van der Waals surface area contributed by atoms with Crippen molar-refractivity contribution in [1.29, 1.82) is 0 Å². The molecule has 1 rings (SSSR count). The van der Waals surface area contributed by atoms with E-state index in [1.165, 1.54) is 12.1 Å². The Morgan fingerprint density at radius 2 is 2.00 bits per heavy atom. The van der Waals surface area contributed by atoms with E-state index in [0.29, 0.717) is 5.56 Å². The third-order valence-electron chi connectivity index (χ3n) is 2.34. The summed E-state index contributed by atoms with van der Waals surface area (Å²) < 4.78 is 23.8. The van der Waals surface area contributed by atoms with Crippen LogP contribution in [0.1, 0.15) is 22.3 Å². The molecule has 0 fully saturated rings. The highest BCUT2D eigenvalue weighted by molar-refractivity contribution is 7.91. The number of sulfone groups is 1.